The van der Waals surface area contributed by atoms with Crippen molar-refractivity contribution in [2.24, 2.45) is 5.92 Å². The highest BCUT2D eigenvalue weighted by molar-refractivity contribution is 5.25. The predicted octanol–water partition coefficient (Wildman–Crippen LogP) is 0.650. The third-order valence-corrected chi connectivity index (χ3v) is 3.25. The minimum absolute atomic E-state index is 0.239. The zero-order chi connectivity index (χ0) is 12.3. The van der Waals surface area contributed by atoms with Gasteiger partial charge in [-0.05, 0) is 19.4 Å². The molecule has 1 aliphatic heterocycles. The lowest BCUT2D eigenvalue weighted by atomic mass is 9.96. The molecule has 6 heteroatoms. The highest BCUT2D eigenvalue weighted by Gasteiger charge is 2.28. The Kier molecular flexibility index (Phi) is 3.96. The molecule has 2 atom stereocenters. The van der Waals surface area contributed by atoms with Crippen molar-refractivity contribution in [3.63, 3.8) is 0 Å². The van der Waals surface area contributed by atoms with Crippen molar-refractivity contribution in [1.29, 1.82) is 0 Å². The van der Waals surface area contributed by atoms with E-state index in [1.807, 2.05) is 7.05 Å². The SMILES string of the molecule is CNCc1nnc(N2CCC(C)C(OC)C2)o1. The number of anilines is 1. The number of hydrogen-bond acceptors (Lipinski definition) is 6. The van der Waals surface area contributed by atoms with E-state index in [0.29, 0.717) is 24.4 Å². The largest absolute Gasteiger partial charge is 0.407 e. The molecular formula is C11H20N4O2. The molecule has 2 heterocycles. The monoisotopic (exact) mass is 240 g/mol. The highest BCUT2D eigenvalue weighted by atomic mass is 16.5. The fourth-order valence-electron chi connectivity index (χ4n) is 2.11. The van der Waals surface area contributed by atoms with E-state index in [4.69, 9.17) is 9.15 Å². The van der Waals surface area contributed by atoms with Crippen molar-refractivity contribution >= 4 is 6.01 Å². The van der Waals surface area contributed by atoms with E-state index in [0.717, 1.165) is 19.5 Å². The summed E-state index contributed by atoms with van der Waals surface area (Å²) < 4.78 is 11.0. The molecule has 1 saturated heterocycles. The first kappa shape index (κ1) is 12.3. The minimum Gasteiger partial charge on any atom is -0.407 e. The van der Waals surface area contributed by atoms with Gasteiger partial charge in [0, 0.05) is 20.2 Å². The highest BCUT2D eigenvalue weighted by Crippen LogP contribution is 2.23. The molecule has 0 aliphatic carbocycles. The van der Waals surface area contributed by atoms with E-state index in [1.54, 1.807) is 7.11 Å². The zero-order valence-electron chi connectivity index (χ0n) is 10.6. The second-order valence-electron chi connectivity index (χ2n) is 4.49. The summed E-state index contributed by atoms with van der Waals surface area (Å²) in [4.78, 5) is 2.10. The Morgan fingerprint density at radius 1 is 1.53 bits per heavy atom. The molecule has 0 aromatic carbocycles. The Morgan fingerprint density at radius 2 is 2.35 bits per heavy atom. The summed E-state index contributed by atoms with van der Waals surface area (Å²) in [6.45, 7) is 4.58. The van der Waals surface area contributed by atoms with Gasteiger partial charge in [-0.3, -0.25) is 0 Å². The first-order chi connectivity index (χ1) is 8.24. The van der Waals surface area contributed by atoms with Gasteiger partial charge in [-0.25, -0.2) is 0 Å². The average Bonchev–Trinajstić information content (AvgIpc) is 2.79. The van der Waals surface area contributed by atoms with Crippen LogP contribution >= 0.6 is 0 Å². The molecular weight excluding hydrogens is 220 g/mol. The third-order valence-electron chi connectivity index (χ3n) is 3.25. The van der Waals surface area contributed by atoms with Crippen LogP contribution in [-0.4, -0.2) is 43.5 Å². The van der Waals surface area contributed by atoms with Crippen molar-refractivity contribution in [1.82, 2.24) is 15.5 Å². The Bertz CT molecular complexity index is 355. The smallest absolute Gasteiger partial charge is 0.318 e. The molecule has 17 heavy (non-hydrogen) atoms. The summed E-state index contributed by atoms with van der Waals surface area (Å²) in [6, 6.07) is 0.601. The molecule has 0 amide bonds. The van der Waals surface area contributed by atoms with Crippen LogP contribution in [0, 0.1) is 5.92 Å². The number of ether oxygens (including phenoxy) is 1. The summed E-state index contributed by atoms with van der Waals surface area (Å²) in [5.41, 5.74) is 0. The lowest BCUT2D eigenvalue weighted by molar-refractivity contribution is 0.0485. The van der Waals surface area contributed by atoms with E-state index >= 15 is 0 Å². The second-order valence-corrected chi connectivity index (χ2v) is 4.49. The van der Waals surface area contributed by atoms with Crippen LogP contribution in [0.3, 0.4) is 0 Å². The van der Waals surface area contributed by atoms with E-state index in [-0.39, 0.29) is 6.10 Å². The Morgan fingerprint density at radius 3 is 3.06 bits per heavy atom. The minimum atomic E-state index is 0.239. The predicted molar refractivity (Wildman–Crippen MR) is 63.9 cm³/mol. The fourth-order valence-corrected chi connectivity index (χ4v) is 2.11. The number of nitrogens with one attached hydrogen (secondary N) is 1. The van der Waals surface area contributed by atoms with E-state index in [1.165, 1.54) is 0 Å². The molecule has 1 aliphatic rings. The van der Waals surface area contributed by atoms with E-state index in [2.05, 4.69) is 27.3 Å². The van der Waals surface area contributed by atoms with Gasteiger partial charge in [0.05, 0.1) is 12.6 Å². The van der Waals surface area contributed by atoms with Crippen LogP contribution in [0.4, 0.5) is 6.01 Å². The topological polar surface area (TPSA) is 63.4 Å². The molecule has 1 N–H and O–H groups in total. The van der Waals surface area contributed by atoms with Crippen molar-refractivity contribution < 1.29 is 9.15 Å². The molecule has 1 aromatic heterocycles. The second kappa shape index (κ2) is 5.46. The molecule has 1 aromatic rings. The van der Waals surface area contributed by atoms with Gasteiger partial charge in [0.2, 0.25) is 5.89 Å². The fraction of sp³-hybridized carbons (Fsp3) is 0.818. The maximum absolute atomic E-state index is 5.58. The number of methoxy groups -OCH3 is 1. The maximum Gasteiger partial charge on any atom is 0.318 e. The number of nitrogens with zero attached hydrogens (tertiary/aromatic N) is 3. The van der Waals surface area contributed by atoms with Crippen LogP contribution in [0.15, 0.2) is 4.42 Å². The number of piperidine rings is 1. The van der Waals surface area contributed by atoms with Crippen molar-refractivity contribution in [3.8, 4) is 0 Å². The van der Waals surface area contributed by atoms with Crippen LogP contribution in [0.25, 0.3) is 0 Å². The van der Waals surface area contributed by atoms with E-state index in [9.17, 15) is 0 Å². The summed E-state index contributed by atoms with van der Waals surface area (Å²) in [7, 11) is 3.61. The van der Waals surface area contributed by atoms with Crippen molar-refractivity contribution in [2.45, 2.75) is 26.0 Å². The first-order valence-electron chi connectivity index (χ1n) is 5.99. The summed E-state index contributed by atoms with van der Waals surface area (Å²) in [5, 5.41) is 11.0. The van der Waals surface area contributed by atoms with Crippen LogP contribution in [0.1, 0.15) is 19.2 Å². The number of hydrogen-bond donors (Lipinski definition) is 1. The Balaban J connectivity index is 2.01. The molecule has 0 saturated carbocycles. The van der Waals surface area contributed by atoms with Gasteiger partial charge in [-0.1, -0.05) is 12.0 Å². The Hall–Kier alpha value is -1.14. The van der Waals surface area contributed by atoms with Crippen LogP contribution in [0.2, 0.25) is 0 Å². The lowest BCUT2D eigenvalue weighted by Gasteiger charge is -2.34. The molecule has 1 fully saturated rings. The molecule has 0 radical (unpaired) electrons. The van der Waals surface area contributed by atoms with Gasteiger partial charge in [-0.15, -0.1) is 5.10 Å². The van der Waals surface area contributed by atoms with Gasteiger partial charge in [-0.2, -0.15) is 0 Å². The van der Waals surface area contributed by atoms with Crippen LogP contribution < -0.4 is 10.2 Å². The van der Waals surface area contributed by atoms with Crippen molar-refractivity contribution in [2.75, 3.05) is 32.1 Å². The van der Waals surface area contributed by atoms with Gasteiger partial charge in [0.15, 0.2) is 0 Å². The third kappa shape index (κ3) is 2.76. The summed E-state index contributed by atoms with van der Waals surface area (Å²) in [5.74, 6) is 1.20. The molecule has 0 spiro atoms. The van der Waals surface area contributed by atoms with Gasteiger partial charge in [0.1, 0.15) is 0 Å². The van der Waals surface area contributed by atoms with Crippen LogP contribution in [0.5, 0.6) is 0 Å². The number of aromatic nitrogens is 2. The molecule has 96 valence electrons. The number of rotatable bonds is 4. The van der Waals surface area contributed by atoms with Gasteiger partial charge < -0.3 is 19.4 Å². The molecule has 0 bridgehead atoms. The molecule has 2 rings (SSSR count). The quantitative estimate of drug-likeness (QED) is 0.833. The first-order valence-corrected chi connectivity index (χ1v) is 5.99. The zero-order valence-corrected chi connectivity index (χ0v) is 10.6. The maximum atomic E-state index is 5.58. The molecule has 2 unspecified atom stereocenters. The van der Waals surface area contributed by atoms with Gasteiger partial charge >= 0.3 is 6.01 Å². The van der Waals surface area contributed by atoms with E-state index < -0.39 is 0 Å². The lowest BCUT2D eigenvalue weighted by Crippen LogP contribution is -2.44. The van der Waals surface area contributed by atoms with Crippen LogP contribution in [-0.2, 0) is 11.3 Å². The normalized spacial score (nSPS) is 25.2. The summed E-state index contributed by atoms with van der Waals surface area (Å²) >= 11 is 0. The molecule has 6 nitrogen and oxygen atoms in total. The van der Waals surface area contributed by atoms with Crippen molar-refractivity contribution in [3.05, 3.63) is 5.89 Å². The van der Waals surface area contributed by atoms with Gasteiger partial charge in [0.25, 0.3) is 0 Å². The Labute approximate surface area is 101 Å². The summed E-state index contributed by atoms with van der Waals surface area (Å²) in [6.07, 6.45) is 1.32. The standard InChI is InChI=1S/C11H20N4O2/c1-8-4-5-15(7-9(8)16-3)11-14-13-10(17-11)6-12-2/h8-9,12H,4-7H2,1-3H3. The average molecular weight is 240 g/mol.